The zero-order valence-electron chi connectivity index (χ0n) is 20.2. The lowest BCUT2D eigenvalue weighted by Gasteiger charge is -2.15. The van der Waals surface area contributed by atoms with Crippen LogP contribution in [0.25, 0.3) is 6.08 Å². The topological polar surface area (TPSA) is 111 Å². The van der Waals surface area contributed by atoms with Gasteiger partial charge in [-0.05, 0) is 48.7 Å². The molecule has 0 aromatic heterocycles. The fourth-order valence-electron chi connectivity index (χ4n) is 3.75. The van der Waals surface area contributed by atoms with Crippen LogP contribution in [0.5, 0.6) is 11.5 Å². The first kappa shape index (κ1) is 25.7. The summed E-state index contributed by atoms with van der Waals surface area (Å²) in [5.41, 5.74) is 3.10. The van der Waals surface area contributed by atoms with Gasteiger partial charge >= 0.3 is 6.03 Å². The van der Waals surface area contributed by atoms with Crippen LogP contribution in [0.3, 0.4) is 0 Å². The number of rotatable bonds is 9. The molecule has 9 nitrogen and oxygen atoms in total. The number of nitrogens with zero attached hydrogens (tertiary/aromatic N) is 2. The minimum atomic E-state index is -0.509. The summed E-state index contributed by atoms with van der Waals surface area (Å²) in [5.74, 6) is 0.145. The lowest BCUT2D eigenvalue weighted by atomic mass is 10.1. The number of nitro groups is 1. The number of ether oxygens (including phenoxy) is 2. The summed E-state index contributed by atoms with van der Waals surface area (Å²) in [7, 11) is 0. The molecule has 190 valence electrons. The highest BCUT2D eigenvalue weighted by atomic mass is 35.5. The van der Waals surface area contributed by atoms with Crippen LogP contribution in [0.15, 0.2) is 66.4 Å². The van der Waals surface area contributed by atoms with Crippen molar-refractivity contribution in [2.75, 3.05) is 6.61 Å². The quantitative estimate of drug-likeness (QED) is 0.169. The van der Waals surface area contributed by atoms with Gasteiger partial charge < -0.3 is 14.8 Å². The minimum absolute atomic E-state index is 0.0322. The van der Waals surface area contributed by atoms with Gasteiger partial charge in [-0.3, -0.25) is 19.8 Å². The first-order valence-electron chi connectivity index (χ1n) is 11.5. The molecule has 0 spiro atoms. The summed E-state index contributed by atoms with van der Waals surface area (Å²) in [4.78, 5) is 37.1. The van der Waals surface area contributed by atoms with E-state index >= 15 is 0 Å². The van der Waals surface area contributed by atoms with E-state index in [0.29, 0.717) is 23.5 Å². The standard InChI is InChI=1S/C27H24ClN3O6/c1-3-36-24-14-20(12-22(28)25(24)37-16-19-5-4-6-21(11-19)31(34)35)13-23-26(32)30(27(33)29-23)15-18-9-7-17(2)8-10-18/h4-14H,3,15-16H2,1-2H3,(H,29,33)/b23-13+. The number of urea groups is 1. The number of imide groups is 1. The predicted molar refractivity (Wildman–Crippen MR) is 138 cm³/mol. The minimum Gasteiger partial charge on any atom is -0.490 e. The van der Waals surface area contributed by atoms with Crippen molar-refractivity contribution in [1.82, 2.24) is 10.2 Å². The summed E-state index contributed by atoms with van der Waals surface area (Å²) in [6.45, 7) is 4.27. The van der Waals surface area contributed by atoms with E-state index in [9.17, 15) is 19.7 Å². The molecule has 0 bridgehead atoms. The third kappa shape index (κ3) is 6.07. The van der Waals surface area contributed by atoms with Crippen LogP contribution in [0.1, 0.15) is 29.2 Å². The molecular formula is C27H24ClN3O6. The van der Waals surface area contributed by atoms with Gasteiger partial charge in [-0.2, -0.15) is 0 Å². The van der Waals surface area contributed by atoms with Gasteiger partial charge in [-0.15, -0.1) is 0 Å². The molecule has 0 aliphatic carbocycles. The van der Waals surface area contributed by atoms with Crippen LogP contribution in [0.2, 0.25) is 5.02 Å². The summed E-state index contributed by atoms with van der Waals surface area (Å²) >= 11 is 6.49. The van der Waals surface area contributed by atoms with Gasteiger partial charge in [0, 0.05) is 12.1 Å². The molecule has 0 atom stereocenters. The Morgan fingerprint density at radius 3 is 2.51 bits per heavy atom. The Kier molecular flexibility index (Phi) is 7.74. The number of amides is 3. The first-order valence-corrected chi connectivity index (χ1v) is 11.9. The van der Waals surface area contributed by atoms with Crippen LogP contribution in [0.4, 0.5) is 10.5 Å². The zero-order chi connectivity index (χ0) is 26.5. The molecule has 1 aliphatic rings. The van der Waals surface area contributed by atoms with Crippen LogP contribution >= 0.6 is 11.6 Å². The monoisotopic (exact) mass is 521 g/mol. The van der Waals surface area contributed by atoms with E-state index < -0.39 is 16.9 Å². The fourth-order valence-corrected chi connectivity index (χ4v) is 4.02. The molecule has 0 radical (unpaired) electrons. The molecule has 3 aromatic carbocycles. The van der Waals surface area contributed by atoms with Gasteiger partial charge in [-0.25, -0.2) is 4.79 Å². The predicted octanol–water partition coefficient (Wildman–Crippen LogP) is 5.63. The molecular weight excluding hydrogens is 498 g/mol. The maximum absolute atomic E-state index is 12.9. The van der Waals surface area contributed by atoms with Gasteiger partial charge in [0.2, 0.25) is 0 Å². The highest BCUT2D eigenvalue weighted by Gasteiger charge is 2.33. The Hall–Kier alpha value is -4.37. The molecule has 10 heteroatoms. The number of aryl methyl sites for hydroxylation is 1. The molecule has 4 rings (SSSR count). The molecule has 1 heterocycles. The number of nitro benzene ring substituents is 1. The van der Waals surface area contributed by atoms with E-state index in [0.717, 1.165) is 16.0 Å². The van der Waals surface area contributed by atoms with Crippen molar-refractivity contribution >= 4 is 35.3 Å². The second kappa shape index (κ2) is 11.1. The van der Waals surface area contributed by atoms with E-state index in [-0.39, 0.29) is 35.3 Å². The largest absolute Gasteiger partial charge is 0.490 e. The van der Waals surface area contributed by atoms with Crippen molar-refractivity contribution in [3.63, 3.8) is 0 Å². The summed E-state index contributed by atoms with van der Waals surface area (Å²) in [6.07, 6.45) is 1.52. The van der Waals surface area contributed by atoms with E-state index in [4.69, 9.17) is 21.1 Å². The summed E-state index contributed by atoms with van der Waals surface area (Å²) in [6, 6.07) is 16.4. The Labute approximate surface area is 218 Å². The third-order valence-corrected chi connectivity index (χ3v) is 5.85. The molecule has 37 heavy (non-hydrogen) atoms. The van der Waals surface area contributed by atoms with Crippen molar-refractivity contribution in [1.29, 1.82) is 0 Å². The van der Waals surface area contributed by atoms with E-state index in [1.165, 1.54) is 18.2 Å². The lowest BCUT2D eigenvalue weighted by Crippen LogP contribution is -2.30. The molecule has 1 fully saturated rings. The SMILES string of the molecule is CCOc1cc(/C=C2/NC(=O)N(Cc3ccc(C)cc3)C2=O)cc(Cl)c1OCc1cccc([N+](=O)[O-])c1. The smallest absolute Gasteiger partial charge is 0.329 e. The van der Waals surface area contributed by atoms with Gasteiger partial charge in [0.25, 0.3) is 11.6 Å². The van der Waals surface area contributed by atoms with E-state index in [2.05, 4.69) is 5.32 Å². The van der Waals surface area contributed by atoms with Gasteiger partial charge in [-0.1, -0.05) is 53.6 Å². The fraction of sp³-hybridized carbons (Fsp3) is 0.185. The van der Waals surface area contributed by atoms with Crippen molar-refractivity contribution in [3.8, 4) is 11.5 Å². The van der Waals surface area contributed by atoms with Crippen molar-refractivity contribution in [2.45, 2.75) is 27.0 Å². The van der Waals surface area contributed by atoms with Crippen LogP contribution in [-0.2, 0) is 17.9 Å². The number of halogens is 1. The number of carbonyl (C=O) groups is 2. The van der Waals surface area contributed by atoms with Crippen molar-refractivity contribution < 1.29 is 24.0 Å². The van der Waals surface area contributed by atoms with Gasteiger partial charge in [0.1, 0.15) is 12.3 Å². The number of nitrogens with one attached hydrogen (secondary N) is 1. The Balaban J connectivity index is 1.54. The number of carbonyl (C=O) groups excluding carboxylic acids is 2. The molecule has 3 aromatic rings. The van der Waals surface area contributed by atoms with E-state index in [1.54, 1.807) is 31.2 Å². The molecule has 0 saturated carbocycles. The second-order valence-corrected chi connectivity index (χ2v) is 8.75. The molecule has 1 aliphatic heterocycles. The normalized spacial score (nSPS) is 14.1. The van der Waals surface area contributed by atoms with Gasteiger partial charge in [0.05, 0.1) is 23.1 Å². The van der Waals surface area contributed by atoms with Crippen molar-refractivity contribution in [2.24, 2.45) is 0 Å². The van der Waals surface area contributed by atoms with Crippen LogP contribution in [0, 0.1) is 17.0 Å². The van der Waals surface area contributed by atoms with Crippen molar-refractivity contribution in [3.05, 3.63) is 104 Å². The Bertz CT molecular complexity index is 1390. The molecule has 0 unspecified atom stereocenters. The highest BCUT2D eigenvalue weighted by Crippen LogP contribution is 2.38. The Morgan fingerprint density at radius 1 is 1.05 bits per heavy atom. The number of benzene rings is 3. The van der Waals surface area contributed by atoms with Crippen LogP contribution < -0.4 is 14.8 Å². The van der Waals surface area contributed by atoms with E-state index in [1.807, 2.05) is 31.2 Å². The first-order chi connectivity index (χ1) is 17.7. The second-order valence-electron chi connectivity index (χ2n) is 8.34. The molecule has 3 amide bonds. The molecule has 1 saturated heterocycles. The number of hydrogen-bond acceptors (Lipinski definition) is 6. The summed E-state index contributed by atoms with van der Waals surface area (Å²) in [5, 5.41) is 13.9. The average molecular weight is 522 g/mol. The Morgan fingerprint density at radius 2 is 1.81 bits per heavy atom. The average Bonchev–Trinajstić information content (AvgIpc) is 3.12. The molecule has 1 N–H and O–H groups in total. The van der Waals surface area contributed by atoms with Gasteiger partial charge in [0.15, 0.2) is 11.5 Å². The highest BCUT2D eigenvalue weighted by molar-refractivity contribution is 6.32. The maximum Gasteiger partial charge on any atom is 0.329 e. The third-order valence-electron chi connectivity index (χ3n) is 5.57. The number of non-ortho nitro benzene ring substituents is 1. The summed E-state index contributed by atoms with van der Waals surface area (Å²) < 4.78 is 11.6. The maximum atomic E-state index is 12.9. The lowest BCUT2D eigenvalue weighted by molar-refractivity contribution is -0.384. The zero-order valence-corrected chi connectivity index (χ0v) is 20.9. The van der Waals surface area contributed by atoms with Crippen LogP contribution in [-0.4, -0.2) is 28.4 Å². The number of hydrogen-bond donors (Lipinski definition) is 1.